The van der Waals surface area contributed by atoms with Crippen LogP contribution in [-0.2, 0) is 14.8 Å². The second kappa shape index (κ2) is 7.00. The zero-order chi connectivity index (χ0) is 18.9. The molecule has 1 atom stereocenters. The number of methoxy groups -OCH3 is 1. The van der Waals surface area contributed by atoms with E-state index in [-0.39, 0.29) is 6.42 Å². The van der Waals surface area contributed by atoms with Crippen molar-refractivity contribution in [1.29, 1.82) is 0 Å². The molecular weight excluding hydrogens is 366 g/mol. The molecule has 0 aliphatic carbocycles. The van der Waals surface area contributed by atoms with Gasteiger partial charge in [-0.05, 0) is 48.9 Å². The molecule has 1 fully saturated rings. The zero-order valence-electron chi connectivity index (χ0n) is 13.8. The summed E-state index contributed by atoms with van der Waals surface area (Å²) in [6.07, 6.45) is 0.209. The Balaban J connectivity index is 1.78. The number of carbonyl (C=O) groups is 1. The van der Waals surface area contributed by atoms with E-state index in [0.29, 0.717) is 24.0 Å². The van der Waals surface area contributed by atoms with Crippen LogP contribution in [0.4, 0.5) is 14.5 Å². The standard InChI is InChI=1S/C17H16F2N2O4S/c1-25-13-5-3-12(4-6-13)21-9-8-15(17(21)22)20-26(23,24)16-10-11(18)2-7-14(16)19/h2-7,10,15,20H,8-9H2,1H3/t15-/m0/s1. The first-order chi connectivity index (χ1) is 12.3. The summed E-state index contributed by atoms with van der Waals surface area (Å²) in [7, 11) is -2.86. The second-order valence-electron chi connectivity index (χ2n) is 5.73. The van der Waals surface area contributed by atoms with Gasteiger partial charge in [0.1, 0.15) is 28.3 Å². The highest BCUT2D eigenvalue weighted by atomic mass is 32.2. The van der Waals surface area contributed by atoms with E-state index in [0.717, 1.165) is 12.1 Å². The minimum atomic E-state index is -4.38. The lowest BCUT2D eigenvalue weighted by atomic mass is 10.2. The first-order valence-corrected chi connectivity index (χ1v) is 9.23. The van der Waals surface area contributed by atoms with Gasteiger partial charge in [-0.3, -0.25) is 4.79 Å². The van der Waals surface area contributed by atoms with Gasteiger partial charge in [-0.15, -0.1) is 0 Å². The van der Waals surface area contributed by atoms with Crippen molar-refractivity contribution in [2.45, 2.75) is 17.4 Å². The van der Waals surface area contributed by atoms with Gasteiger partial charge in [0.05, 0.1) is 7.11 Å². The minimum Gasteiger partial charge on any atom is -0.497 e. The number of halogens is 2. The molecule has 2 aromatic rings. The first-order valence-electron chi connectivity index (χ1n) is 7.74. The summed E-state index contributed by atoms with van der Waals surface area (Å²) < 4.78 is 58.9. The summed E-state index contributed by atoms with van der Waals surface area (Å²) in [6, 6.07) is 7.80. The number of nitrogens with zero attached hydrogens (tertiary/aromatic N) is 1. The SMILES string of the molecule is COc1ccc(N2CC[C@H](NS(=O)(=O)c3cc(F)ccc3F)C2=O)cc1. The molecule has 138 valence electrons. The molecular formula is C17H16F2N2O4S. The molecule has 9 heteroatoms. The molecule has 1 N–H and O–H groups in total. The second-order valence-corrected chi connectivity index (χ2v) is 7.41. The van der Waals surface area contributed by atoms with Gasteiger partial charge in [0.15, 0.2) is 0 Å². The Morgan fingerprint density at radius 3 is 2.50 bits per heavy atom. The Morgan fingerprint density at radius 1 is 1.15 bits per heavy atom. The van der Waals surface area contributed by atoms with Crippen LogP contribution >= 0.6 is 0 Å². The molecule has 26 heavy (non-hydrogen) atoms. The van der Waals surface area contributed by atoms with Crippen molar-refractivity contribution in [3.63, 3.8) is 0 Å². The third-order valence-electron chi connectivity index (χ3n) is 4.07. The number of amides is 1. The fourth-order valence-electron chi connectivity index (χ4n) is 2.74. The van der Waals surface area contributed by atoms with Crippen molar-refractivity contribution in [1.82, 2.24) is 4.72 Å². The number of hydrogen-bond acceptors (Lipinski definition) is 4. The van der Waals surface area contributed by atoms with Gasteiger partial charge in [0.25, 0.3) is 0 Å². The van der Waals surface area contributed by atoms with E-state index in [2.05, 4.69) is 4.72 Å². The number of carbonyl (C=O) groups excluding carboxylic acids is 1. The summed E-state index contributed by atoms with van der Waals surface area (Å²) in [6.45, 7) is 0.296. The molecule has 3 rings (SSSR count). The number of nitrogens with one attached hydrogen (secondary N) is 1. The van der Waals surface area contributed by atoms with Gasteiger partial charge in [-0.2, -0.15) is 4.72 Å². The number of sulfonamides is 1. The van der Waals surface area contributed by atoms with E-state index < -0.39 is 38.5 Å². The highest BCUT2D eigenvalue weighted by Crippen LogP contribution is 2.25. The van der Waals surface area contributed by atoms with Crippen molar-refractivity contribution in [3.8, 4) is 5.75 Å². The largest absolute Gasteiger partial charge is 0.497 e. The lowest BCUT2D eigenvalue weighted by molar-refractivity contribution is -0.118. The zero-order valence-corrected chi connectivity index (χ0v) is 14.6. The van der Waals surface area contributed by atoms with Gasteiger partial charge < -0.3 is 9.64 Å². The highest BCUT2D eigenvalue weighted by molar-refractivity contribution is 7.89. The van der Waals surface area contributed by atoms with E-state index in [1.807, 2.05) is 0 Å². The van der Waals surface area contributed by atoms with Crippen molar-refractivity contribution in [2.24, 2.45) is 0 Å². The summed E-state index contributed by atoms with van der Waals surface area (Å²) in [5.41, 5.74) is 0.592. The highest BCUT2D eigenvalue weighted by Gasteiger charge is 2.36. The Kier molecular flexibility index (Phi) is 4.92. The summed E-state index contributed by atoms with van der Waals surface area (Å²) >= 11 is 0. The van der Waals surface area contributed by atoms with Crippen molar-refractivity contribution in [3.05, 3.63) is 54.1 Å². The van der Waals surface area contributed by atoms with Crippen LogP contribution in [-0.4, -0.2) is 34.0 Å². The Labute approximate surface area is 149 Å². The first kappa shape index (κ1) is 18.3. The molecule has 0 bridgehead atoms. The number of ether oxygens (including phenoxy) is 1. The maximum absolute atomic E-state index is 13.8. The molecule has 0 aromatic heterocycles. The predicted octanol–water partition coefficient (Wildman–Crippen LogP) is 2.06. The van der Waals surface area contributed by atoms with E-state index >= 15 is 0 Å². The summed E-state index contributed by atoms with van der Waals surface area (Å²) in [5.74, 6) is -1.81. The van der Waals surface area contributed by atoms with Gasteiger partial charge in [0.2, 0.25) is 15.9 Å². The predicted molar refractivity (Wildman–Crippen MR) is 90.4 cm³/mol. The molecule has 1 aliphatic heterocycles. The van der Waals surface area contributed by atoms with Gasteiger partial charge in [-0.25, -0.2) is 17.2 Å². The number of rotatable bonds is 5. The molecule has 0 spiro atoms. The van der Waals surface area contributed by atoms with Crippen LogP contribution in [0.5, 0.6) is 5.75 Å². The monoisotopic (exact) mass is 382 g/mol. The van der Waals surface area contributed by atoms with Gasteiger partial charge in [0, 0.05) is 12.2 Å². The van der Waals surface area contributed by atoms with Crippen molar-refractivity contribution < 1.29 is 26.7 Å². The Bertz CT molecular complexity index is 932. The number of hydrogen-bond donors (Lipinski definition) is 1. The molecule has 0 unspecified atom stereocenters. The van der Waals surface area contributed by atoms with Gasteiger partial charge >= 0.3 is 0 Å². The van der Waals surface area contributed by atoms with Crippen LogP contribution in [0.15, 0.2) is 47.4 Å². The van der Waals surface area contributed by atoms with Gasteiger partial charge in [-0.1, -0.05) is 0 Å². The normalized spacial score (nSPS) is 17.6. The van der Waals surface area contributed by atoms with E-state index in [4.69, 9.17) is 4.74 Å². The lowest BCUT2D eigenvalue weighted by Gasteiger charge is -2.17. The average Bonchev–Trinajstić information content (AvgIpc) is 2.97. The van der Waals surface area contributed by atoms with Crippen molar-refractivity contribution >= 4 is 21.6 Å². The van der Waals surface area contributed by atoms with E-state index in [1.165, 1.54) is 12.0 Å². The summed E-state index contributed by atoms with van der Waals surface area (Å²) in [4.78, 5) is 13.1. The smallest absolute Gasteiger partial charge is 0.245 e. The maximum atomic E-state index is 13.8. The van der Waals surface area contributed by atoms with Crippen LogP contribution < -0.4 is 14.4 Å². The molecule has 0 saturated carbocycles. The molecule has 2 aromatic carbocycles. The lowest BCUT2D eigenvalue weighted by Crippen LogP contribution is -2.41. The van der Waals surface area contributed by atoms with E-state index in [9.17, 15) is 22.0 Å². The Hall–Kier alpha value is -2.52. The summed E-state index contributed by atoms with van der Waals surface area (Å²) in [5, 5.41) is 0. The fourth-order valence-corrected chi connectivity index (χ4v) is 4.05. The molecule has 1 heterocycles. The molecule has 1 saturated heterocycles. The van der Waals surface area contributed by atoms with E-state index in [1.54, 1.807) is 24.3 Å². The molecule has 0 radical (unpaired) electrons. The topological polar surface area (TPSA) is 75.7 Å². The fraction of sp³-hybridized carbons (Fsp3) is 0.235. The maximum Gasteiger partial charge on any atom is 0.245 e. The molecule has 6 nitrogen and oxygen atoms in total. The number of benzene rings is 2. The Morgan fingerprint density at radius 2 is 1.85 bits per heavy atom. The molecule has 1 amide bonds. The molecule has 1 aliphatic rings. The number of anilines is 1. The third-order valence-corrected chi connectivity index (χ3v) is 5.56. The van der Waals surface area contributed by atoms with Crippen LogP contribution in [0.1, 0.15) is 6.42 Å². The minimum absolute atomic E-state index is 0.209. The van der Waals surface area contributed by atoms with Crippen molar-refractivity contribution in [2.75, 3.05) is 18.6 Å². The quantitative estimate of drug-likeness (QED) is 0.859. The van der Waals surface area contributed by atoms with Crippen LogP contribution in [0.3, 0.4) is 0 Å². The van der Waals surface area contributed by atoms with Crippen LogP contribution in [0.25, 0.3) is 0 Å². The third kappa shape index (κ3) is 3.54. The van der Waals surface area contributed by atoms with Crippen LogP contribution in [0.2, 0.25) is 0 Å². The average molecular weight is 382 g/mol. The van der Waals surface area contributed by atoms with Crippen LogP contribution in [0, 0.1) is 11.6 Å².